The molecule has 1 amide bonds. The highest BCUT2D eigenvalue weighted by molar-refractivity contribution is 5.95. The minimum atomic E-state index is -0.298. The van der Waals surface area contributed by atoms with Crippen molar-refractivity contribution in [2.45, 2.75) is 51.0 Å². The van der Waals surface area contributed by atoms with Gasteiger partial charge in [0.15, 0.2) is 0 Å². The molecular weight excluding hydrogens is 345 g/mol. The van der Waals surface area contributed by atoms with Crippen molar-refractivity contribution >= 4 is 5.91 Å². The Morgan fingerprint density at radius 3 is 2.78 bits per heavy atom. The monoisotopic (exact) mass is 375 g/mol. The van der Waals surface area contributed by atoms with Crippen LogP contribution in [0.2, 0.25) is 0 Å². The van der Waals surface area contributed by atoms with Gasteiger partial charge >= 0.3 is 0 Å². The van der Waals surface area contributed by atoms with Crippen LogP contribution in [0.3, 0.4) is 0 Å². The summed E-state index contributed by atoms with van der Waals surface area (Å²) in [5, 5.41) is 0. The highest BCUT2D eigenvalue weighted by Gasteiger charge is 2.46. The van der Waals surface area contributed by atoms with E-state index in [1.807, 2.05) is 4.90 Å². The molecule has 0 N–H and O–H groups in total. The Morgan fingerprint density at radius 1 is 1.30 bits per heavy atom. The van der Waals surface area contributed by atoms with E-state index in [2.05, 4.69) is 0 Å². The molecule has 1 spiro atoms. The standard InChI is InChI=1S/C22H30FNO3/c1-16-14-19(23)4-5-20(16)21(25)24-10-8-22(9-11-24)18(7-13-27-22)6-12-26-15-17-2-3-17/h4-5,14,17-18H,2-3,6-13,15H2,1H3/t18-/m0/s1. The van der Waals surface area contributed by atoms with Crippen LogP contribution in [-0.4, -0.2) is 49.3 Å². The first-order chi connectivity index (χ1) is 13.1. The second-order valence-corrected chi connectivity index (χ2v) is 8.46. The summed E-state index contributed by atoms with van der Waals surface area (Å²) in [5.41, 5.74) is 1.21. The van der Waals surface area contributed by atoms with Crippen LogP contribution in [0, 0.1) is 24.6 Å². The third kappa shape index (κ3) is 4.19. The normalized spacial score (nSPS) is 24.5. The van der Waals surface area contributed by atoms with Gasteiger partial charge < -0.3 is 14.4 Å². The molecule has 1 saturated carbocycles. The Balaban J connectivity index is 1.32. The third-order valence-corrected chi connectivity index (χ3v) is 6.58. The van der Waals surface area contributed by atoms with Gasteiger partial charge in [0.2, 0.25) is 0 Å². The van der Waals surface area contributed by atoms with E-state index in [4.69, 9.17) is 9.47 Å². The summed E-state index contributed by atoms with van der Waals surface area (Å²) in [6.45, 7) is 5.76. The summed E-state index contributed by atoms with van der Waals surface area (Å²) in [4.78, 5) is 14.7. The first-order valence-corrected chi connectivity index (χ1v) is 10.3. The molecule has 2 aliphatic heterocycles. The van der Waals surface area contributed by atoms with Crippen molar-refractivity contribution in [2.24, 2.45) is 11.8 Å². The molecule has 27 heavy (non-hydrogen) atoms. The van der Waals surface area contributed by atoms with Crippen LogP contribution in [0.25, 0.3) is 0 Å². The van der Waals surface area contributed by atoms with Crippen LogP contribution in [0.5, 0.6) is 0 Å². The summed E-state index contributed by atoms with van der Waals surface area (Å²) in [6.07, 6.45) is 6.57. The van der Waals surface area contributed by atoms with Crippen molar-refractivity contribution in [2.75, 3.05) is 32.9 Å². The number of nitrogens with zero attached hydrogens (tertiary/aromatic N) is 1. The van der Waals surface area contributed by atoms with Crippen molar-refractivity contribution in [1.29, 1.82) is 0 Å². The molecule has 0 bridgehead atoms. The van der Waals surface area contributed by atoms with E-state index in [-0.39, 0.29) is 17.3 Å². The number of rotatable bonds is 6. The second-order valence-electron chi connectivity index (χ2n) is 8.46. The molecule has 1 aromatic rings. The lowest BCUT2D eigenvalue weighted by molar-refractivity contribution is -0.0672. The molecule has 1 atom stereocenters. The van der Waals surface area contributed by atoms with Gasteiger partial charge in [-0.2, -0.15) is 0 Å². The summed E-state index contributed by atoms with van der Waals surface area (Å²) in [5.74, 6) is 1.04. The molecule has 2 heterocycles. The Bertz CT molecular complexity index is 680. The molecular formula is C22H30FNO3. The van der Waals surface area contributed by atoms with Gasteiger partial charge in [-0.25, -0.2) is 4.39 Å². The average molecular weight is 375 g/mol. The van der Waals surface area contributed by atoms with E-state index < -0.39 is 0 Å². The SMILES string of the molecule is Cc1cc(F)ccc1C(=O)N1CCC2(CC1)OCC[C@@H]2CCOCC1CC1. The third-order valence-electron chi connectivity index (χ3n) is 6.58. The topological polar surface area (TPSA) is 38.8 Å². The Kier molecular flexibility index (Phi) is 5.51. The minimum Gasteiger partial charge on any atom is -0.381 e. The van der Waals surface area contributed by atoms with Crippen molar-refractivity contribution in [1.82, 2.24) is 4.90 Å². The van der Waals surface area contributed by atoms with Gasteiger partial charge in [0.1, 0.15) is 5.82 Å². The molecule has 3 aliphatic rings. The zero-order valence-electron chi connectivity index (χ0n) is 16.2. The molecule has 0 unspecified atom stereocenters. The predicted molar refractivity (Wildman–Crippen MR) is 101 cm³/mol. The summed E-state index contributed by atoms with van der Waals surface area (Å²) < 4.78 is 25.4. The minimum absolute atomic E-state index is 0.00432. The summed E-state index contributed by atoms with van der Waals surface area (Å²) in [7, 11) is 0. The smallest absolute Gasteiger partial charge is 0.254 e. The van der Waals surface area contributed by atoms with E-state index in [1.165, 1.54) is 25.0 Å². The number of ether oxygens (including phenoxy) is 2. The Labute approximate surface area is 161 Å². The maximum atomic E-state index is 13.3. The van der Waals surface area contributed by atoms with E-state index in [0.717, 1.165) is 51.4 Å². The van der Waals surface area contributed by atoms with E-state index >= 15 is 0 Å². The number of carbonyl (C=O) groups excluding carboxylic acids is 1. The molecule has 4 nitrogen and oxygen atoms in total. The predicted octanol–water partition coefficient (Wildman–Crippen LogP) is 3.96. The number of carbonyl (C=O) groups is 1. The first-order valence-electron chi connectivity index (χ1n) is 10.3. The molecule has 2 saturated heterocycles. The lowest BCUT2D eigenvalue weighted by Gasteiger charge is -2.42. The number of hydrogen-bond acceptors (Lipinski definition) is 3. The maximum absolute atomic E-state index is 13.3. The zero-order valence-corrected chi connectivity index (χ0v) is 16.2. The van der Waals surface area contributed by atoms with Crippen molar-refractivity contribution in [3.05, 3.63) is 35.1 Å². The molecule has 0 radical (unpaired) electrons. The van der Waals surface area contributed by atoms with Crippen LogP contribution in [0.4, 0.5) is 4.39 Å². The highest BCUT2D eigenvalue weighted by Crippen LogP contribution is 2.42. The quantitative estimate of drug-likeness (QED) is 0.707. The number of aryl methyl sites for hydroxylation is 1. The van der Waals surface area contributed by atoms with Gasteiger partial charge in [0.05, 0.1) is 5.60 Å². The van der Waals surface area contributed by atoms with Gasteiger partial charge in [0.25, 0.3) is 5.91 Å². The molecule has 4 rings (SSSR count). The fraction of sp³-hybridized carbons (Fsp3) is 0.682. The Hall–Kier alpha value is -1.46. The molecule has 0 aromatic heterocycles. The van der Waals surface area contributed by atoms with Crippen LogP contribution in [0.15, 0.2) is 18.2 Å². The van der Waals surface area contributed by atoms with E-state index in [1.54, 1.807) is 13.0 Å². The summed E-state index contributed by atoms with van der Waals surface area (Å²) >= 11 is 0. The number of piperidine rings is 1. The lowest BCUT2D eigenvalue weighted by Crippen LogP contribution is -2.49. The van der Waals surface area contributed by atoms with Crippen molar-refractivity contribution in [3.63, 3.8) is 0 Å². The number of hydrogen-bond donors (Lipinski definition) is 0. The van der Waals surface area contributed by atoms with Crippen LogP contribution >= 0.6 is 0 Å². The average Bonchev–Trinajstić information content (AvgIpc) is 3.41. The van der Waals surface area contributed by atoms with Crippen LogP contribution < -0.4 is 0 Å². The second kappa shape index (κ2) is 7.88. The summed E-state index contributed by atoms with van der Waals surface area (Å²) in [6, 6.07) is 4.39. The fourth-order valence-electron chi connectivity index (χ4n) is 4.63. The molecule has 1 aromatic carbocycles. The van der Waals surface area contributed by atoms with Gasteiger partial charge in [-0.05, 0) is 81.0 Å². The molecule has 5 heteroatoms. The molecule has 3 fully saturated rings. The maximum Gasteiger partial charge on any atom is 0.254 e. The molecule has 1 aliphatic carbocycles. The van der Waals surface area contributed by atoms with E-state index in [0.29, 0.717) is 30.1 Å². The number of likely N-dealkylation sites (tertiary alicyclic amines) is 1. The number of amides is 1. The molecule has 148 valence electrons. The number of halogens is 1. The first kappa shape index (κ1) is 18.9. The largest absolute Gasteiger partial charge is 0.381 e. The zero-order chi connectivity index (χ0) is 18.9. The Morgan fingerprint density at radius 2 is 2.07 bits per heavy atom. The van der Waals surface area contributed by atoms with Gasteiger partial charge in [0, 0.05) is 38.5 Å². The van der Waals surface area contributed by atoms with Crippen LogP contribution in [0.1, 0.15) is 54.4 Å². The van der Waals surface area contributed by atoms with Crippen molar-refractivity contribution in [3.8, 4) is 0 Å². The van der Waals surface area contributed by atoms with Crippen LogP contribution in [-0.2, 0) is 9.47 Å². The fourth-order valence-corrected chi connectivity index (χ4v) is 4.63. The van der Waals surface area contributed by atoms with E-state index in [9.17, 15) is 9.18 Å². The van der Waals surface area contributed by atoms with Crippen molar-refractivity contribution < 1.29 is 18.7 Å². The van der Waals surface area contributed by atoms with Gasteiger partial charge in [-0.1, -0.05) is 0 Å². The van der Waals surface area contributed by atoms with Gasteiger partial charge in [-0.3, -0.25) is 4.79 Å². The van der Waals surface area contributed by atoms with Gasteiger partial charge in [-0.15, -0.1) is 0 Å². The number of benzene rings is 1. The highest BCUT2D eigenvalue weighted by atomic mass is 19.1. The lowest BCUT2D eigenvalue weighted by atomic mass is 9.78.